The molecule has 4 nitrogen and oxygen atoms in total. The number of hydrogen-bond acceptors (Lipinski definition) is 5. The van der Waals surface area contributed by atoms with E-state index >= 15 is 0 Å². The van der Waals surface area contributed by atoms with Gasteiger partial charge in [-0.2, -0.15) is 0 Å². The van der Waals surface area contributed by atoms with Crippen LogP contribution in [0.15, 0.2) is 0 Å². The highest BCUT2D eigenvalue weighted by atomic mass is 32.1. The Kier molecular flexibility index (Phi) is 3.28. The van der Waals surface area contributed by atoms with Gasteiger partial charge in [-0.25, -0.2) is 0 Å². The van der Waals surface area contributed by atoms with E-state index in [9.17, 15) is 20.4 Å². The lowest BCUT2D eigenvalue weighted by atomic mass is 9.93. The lowest BCUT2D eigenvalue weighted by Gasteiger charge is -2.25. The summed E-state index contributed by atoms with van der Waals surface area (Å²) >= 11 is 4.12. The van der Waals surface area contributed by atoms with E-state index in [4.69, 9.17) is 0 Å². The van der Waals surface area contributed by atoms with Crippen LogP contribution in [0, 0.1) is 6.92 Å². The Morgan fingerprint density at radius 3 is 2.26 bits per heavy atom. The van der Waals surface area contributed by atoms with Gasteiger partial charge in [0, 0.05) is 18.4 Å². The van der Waals surface area contributed by atoms with Gasteiger partial charge in [0.05, 0.1) is 11.2 Å². The van der Waals surface area contributed by atoms with Gasteiger partial charge in [-0.3, -0.25) is 0 Å². The third kappa shape index (κ3) is 2.20. The lowest BCUT2D eigenvalue weighted by Crippen LogP contribution is -2.23. The van der Waals surface area contributed by atoms with Gasteiger partial charge in [0.25, 0.3) is 0 Å². The maximum Gasteiger partial charge on any atom is 0.140 e. The summed E-state index contributed by atoms with van der Waals surface area (Å²) in [6.45, 7) is 5.12. The zero-order chi connectivity index (χ0) is 14.6. The van der Waals surface area contributed by atoms with E-state index in [0.29, 0.717) is 24.0 Å². The summed E-state index contributed by atoms with van der Waals surface area (Å²) in [5.74, 6) is -0.302. The highest BCUT2D eigenvalue weighted by Gasteiger charge is 2.39. The van der Waals surface area contributed by atoms with Crippen LogP contribution in [0.3, 0.4) is 0 Å². The van der Waals surface area contributed by atoms with E-state index < -0.39 is 10.5 Å². The number of benzene rings is 1. The Hall–Kier alpha value is -0.910. The molecule has 0 bridgehead atoms. The van der Waals surface area contributed by atoms with Crippen molar-refractivity contribution >= 4 is 12.6 Å². The minimum atomic E-state index is -1.59. The van der Waals surface area contributed by atoms with Crippen LogP contribution in [-0.2, 0) is 17.8 Å². The third-order valence-corrected chi connectivity index (χ3v) is 4.48. The summed E-state index contributed by atoms with van der Waals surface area (Å²) < 4.78 is 0. The van der Waals surface area contributed by atoms with Crippen molar-refractivity contribution in [2.75, 3.05) is 0 Å². The van der Waals surface area contributed by atoms with Crippen LogP contribution in [0.25, 0.3) is 0 Å². The van der Waals surface area contributed by atoms with Crippen LogP contribution in [-0.4, -0.2) is 26.0 Å². The van der Waals surface area contributed by atoms with Gasteiger partial charge in [0.2, 0.25) is 0 Å². The Morgan fingerprint density at radius 1 is 1.21 bits per heavy atom. The normalized spacial score (nSPS) is 25.2. The molecule has 0 saturated heterocycles. The van der Waals surface area contributed by atoms with Crippen molar-refractivity contribution in [1.29, 1.82) is 0 Å². The largest absolute Gasteiger partial charge is 0.507 e. The fraction of sp³-hybridized carbons (Fsp3) is 0.571. The van der Waals surface area contributed by atoms with E-state index in [1.807, 2.05) is 0 Å². The molecule has 5 heteroatoms. The van der Waals surface area contributed by atoms with Gasteiger partial charge in [-0.05, 0) is 31.4 Å². The summed E-state index contributed by atoms with van der Waals surface area (Å²) in [5.41, 5.74) is 1.03. The average Bonchev–Trinajstić information content (AvgIpc) is 2.63. The minimum Gasteiger partial charge on any atom is -0.507 e. The van der Waals surface area contributed by atoms with E-state index in [2.05, 4.69) is 12.6 Å². The zero-order valence-electron chi connectivity index (χ0n) is 11.4. The number of fused-ring (bicyclic) bond motifs is 1. The highest BCUT2D eigenvalue weighted by Crippen LogP contribution is 2.49. The molecule has 0 fully saturated rings. The molecular formula is C14H20O4S. The summed E-state index contributed by atoms with van der Waals surface area (Å²) in [6.07, 6.45) is 0.925. The molecular weight excluding hydrogens is 264 g/mol. The van der Waals surface area contributed by atoms with Crippen LogP contribution in [0.2, 0.25) is 0 Å². The molecule has 0 aliphatic heterocycles. The van der Waals surface area contributed by atoms with Crippen molar-refractivity contribution < 1.29 is 20.4 Å². The summed E-state index contributed by atoms with van der Waals surface area (Å²) in [6, 6.07) is 0. The lowest BCUT2D eigenvalue weighted by molar-refractivity contribution is 0.0713. The van der Waals surface area contributed by atoms with Crippen molar-refractivity contribution in [2.24, 2.45) is 0 Å². The molecule has 0 spiro atoms. The molecule has 0 saturated carbocycles. The van der Waals surface area contributed by atoms with E-state index in [-0.39, 0.29) is 23.5 Å². The Morgan fingerprint density at radius 2 is 1.74 bits per heavy atom. The standard InChI is InChI=1S/C14H20O4S/c1-4-14(18,19)10-11(15)7(2)8-5-13(3,17)6-9(8)12(10)16/h15-19H,4-6H2,1-3H3. The van der Waals surface area contributed by atoms with Gasteiger partial charge in [0.1, 0.15) is 16.4 Å². The molecule has 2 unspecified atom stereocenters. The Bertz CT molecular complexity index is 535. The number of hydrogen-bond donors (Lipinski definition) is 5. The van der Waals surface area contributed by atoms with Crippen LogP contribution in [0.1, 0.15) is 42.5 Å². The molecule has 19 heavy (non-hydrogen) atoms. The van der Waals surface area contributed by atoms with Crippen LogP contribution in [0.5, 0.6) is 11.5 Å². The second-order valence-corrected chi connectivity index (χ2v) is 6.41. The number of phenols is 2. The van der Waals surface area contributed by atoms with Crippen LogP contribution in [0.4, 0.5) is 0 Å². The van der Waals surface area contributed by atoms with Crippen molar-refractivity contribution in [2.45, 2.75) is 50.6 Å². The number of phenolic OH excluding ortho intramolecular Hbond substituents is 2. The van der Waals surface area contributed by atoms with E-state index in [1.54, 1.807) is 20.8 Å². The van der Waals surface area contributed by atoms with E-state index in [1.165, 1.54) is 0 Å². The second kappa shape index (κ2) is 4.30. The first kappa shape index (κ1) is 14.5. The van der Waals surface area contributed by atoms with Crippen LogP contribution < -0.4 is 0 Å². The molecule has 0 amide bonds. The molecule has 106 valence electrons. The monoisotopic (exact) mass is 284 g/mol. The van der Waals surface area contributed by atoms with Gasteiger partial charge in [0.15, 0.2) is 0 Å². The minimum absolute atomic E-state index is 0.0345. The Labute approximate surface area is 118 Å². The predicted molar refractivity (Wildman–Crippen MR) is 75.7 cm³/mol. The first-order valence-electron chi connectivity index (χ1n) is 6.34. The fourth-order valence-corrected chi connectivity index (χ4v) is 2.98. The number of rotatable bonds is 2. The molecule has 1 aliphatic carbocycles. The molecule has 1 aromatic carbocycles. The topological polar surface area (TPSA) is 80.9 Å². The average molecular weight is 284 g/mol. The van der Waals surface area contributed by atoms with Crippen LogP contribution >= 0.6 is 12.6 Å². The number of thiol groups is 1. The molecule has 2 rings (SSSR count). The van der Waals surface area contributed by atoms with Gasteiger partial charge in [-0.15, -0.1) is 12.6 Å². The SMILES string of the molecule is CCC(O)(S)c1c(O)c(C)c2c(c1O)CC(C)(O)C2. The quantitative estimate of drug-likeness (QED) is 0.423. The summed E-state index contributed by atoms with van der Waals surface area (Å²) in [5, 5.41) is 40.9. The molecule has 4 N–H and O–H groups in total. The zero-order valence-corrected chi connectivity index (χ0v) is 12.3. The molecule has 0 aromatic heterocycles. The molecule has 1 aliphatic rings. The number of aromatic hydroxyl groups is 2. The van der Waals surface area contributed by atoms with Crippen molar-refractivity contribution in [3.63, 3.8) is 0 Å². The first-order chi connectivity index (χ1) is 8.60. The second-order valence-electron chi connectivity index (χ2n) is 5.67. The summed E-state index contributed by atoms with van der Waals surface area (Å²) in [4.78, 5) is -1.59. The third-order valence-electron chi connectivity index (χ3n) is 3.94. The van der Waals surface area contributed by atoms with Crippen molar-refractivity contribution in [3.8, 4) is 11.5 Å². The van der Waals surface area contributed by atoms with Crippen molar-refractivity contribution in [1.82, 2.24) is 0 Å². The molecule has 2 atom stereocenters. The highest BCUT2D eigenvalue weighted by molar-refractivity contribution is 7.81. The smallest absolute Gasteiger partial charge is 0.140 e. The van der Waals surface area contributed by atoms with Gasteiger partial charge >= 0.3 is 0 Å². The maximum atomic E-state index is 10.3. The first-order valence-corrected chi connectivity index (χ1v) is 6.79. The summed E-state index contributed by atoms with van der Waals surface area (Å²) in [7, 11) is 0. The van der Waals surface area contributed by atoms with Gasteiger partial charge in [-0.1, -0.05) is 6.92 Å². The van der Waals surface area contributed by atoms with Crippen molar-refractivity contribution in [3.05, 3.63) is 22.3 Å². The molecule has 0 radical (unpaired) electrons. The maximum absolute atomic E-state index is 10.3. The van der Waals surface area contributed by atoms with Gasteiger partial charge < -0.3 is 20.4 Å². The van der Waals surface area contributed by atoms with E-state index in [0.717, 1.165) is 5.56 Å². The Balaban J connectivity index is 2.72. The predicted octanol–water partition coefficient (Wildman–Crippen LogP) is 1.74. The number of aliphatic hydroxyl groups is 2. The molecule has 0 heterocycles. The fourth-order valence-electron chi connectivity index (χ4n) is 2.77. The molecule has 1 aromatic rings.